The van der Waals surface area contributed by atoms with Gasteiger partial charge in [0.05, 0.1) is 5.69 Å². The van der Waals surface area contributed by atoms with Gasteiger partial charge in [-0.3, -0.25) is 9.20 Å². The maximum Gasteiger partial charge on any atom is 0.410 e. The molecule has 0 N–H and O–H groups in total. The number of fused-ring (bicyclic) bond motifs is 1. The van der Waals surface area contributed by atoms with E-state index in [-0.39, 0.29) is 12.0 Å². The Morgan fingerprint density at radius 2 is 1.78 bits per heavy atom. The summed E-state index contributed by atoms with van der Waals surface area (Å²) in [6, 6.07) is 2.89. The number of ether oxygens (including phenoxy) is 1. The van der Waals surface area contributed by atoms with Crippen LogP contribution in [0.5, 0.6) is 0 Å². The number of imidazole rings is 1. The lowest BCUT2D eigenvalue weighted by atomic mass is 10.2. The number of amides is 2. The molecule has 27 heavy (non-hydrogen) atoms. The zero-order chi connectivity index (χ0) is 19.8. The summed E-state index contributed by atoms with van der Waals surface area (Å²) < 4.78 is 20.6. The molecule has 146 valence electrons. The first-order chi connectivity index (χ1) is 12.7. The Kier molecular flexibility index (Phi) is 5.08. The van der Waals surface area contributed by atoms with E-state index in [1.807, 2.05) is 27.7 Å². The molecule has 8 heteroatoms. The van der Waals surface area contributed by atoms with E-state index in [0.29, 0.717) is 49.6 Å². The second kappa shape index (κ2) is 7.17. The first kappa shape index (κ1) is 19.1. The van der Waals surface area contributed by atoms with E-state index in [2.05, 4.69) is 4.98 Å². The molecule has 7 nitrogen and oxygen atoms in total. The van der Waals surface area contributed by atoms with E-state index in [9.17, 15) is 14.0 Å². The zero-order valence-corrected chi connectivity index (χ0v) is 16.2. The predicted molar refractivity (Wildman–Crippen MR) is 98.2 cm³/mol. The van der Waals surface area contributed by atoms with Gasteiger partial charge in [0, 0.05) is 32.4 Å². The van der Waals surface area contributed by atoms with Gasteiger partial charge in [-0.25, -0.2) is 14.2 Å². The standard InChI is InChI=1S/C19H25FN4O3/c1-5-14-16(24-12-13(20)6-7-15(24)21-14)17(25)22-8-10-23(11-9-22)18(26)27-19(2,3)4/h6-7,12H,5,8-11H2,1-4H3. The van der Waals surface area contributed by atoms with Crippen molar-refractivity contribution in [2.24, 2.45) is 0 Å². The number of aromatic nitrogens is 2. The Hall–Kier alpha value is -2.64. The van der Waals surface area contributed by atoms with Gasteiger partial charge in [-0.2, -0.15) is 0 Å². The normalized spacial score (nSPS) is 15.3. The molecule has 0 aromatic carbocycles. The number of pyridine rings is 1. The van der Waals surface area contributed by atoms with Gasteiger partial charge >= 0.3 is 6.09 Å². The molecular weight excluding hydrogens is 351 g/mol. The Balaban J connectivity index is 1.76. The Morgan fingerprint density at radius 3 is 2.37 bits per heavy atom. The van der Waals surface area contributed by atoms with Gasteiger partial charge in [-0.15, -0.1) is 0 Å². The maximum atomic E-state index is 13.7. The molecular formula is C19H25FN4O3. The molecule has 2 amide bonds. The second-order valence-electron chi connectivity index (χ2n) is 7.60. The molecule has 0 atom stereocenters. The van der Waals surface area contributed by atoms with Crippen LogP contribution in [0.4, 0.5) is 9.18 Å². The monoisotopic (exact) mass is 376 g/mol. The molecule has 1 aliphatic rings. The molecule has 3 heterocycles. The van der Waals surface area contributed by atoms with E-state index < -0.39 is 11.4 Å². The molecule has 2 aromatic rings. The zero-order valence-electron chi connectivity index (χ0n) is 16.2. The first-order valence-electron chi connectivity index (χ1n) is 9.13. The minimum absolute atomic E-state index is 0.200. The smallest absolute Gasteiger partial charge is 0.410 e. The maximum absolute atomic E-state index is 13.7. The molecule has 0 saturated carbocycles. The molecule has 0 unspecified atom stereocenters. The van der Waals surface area contributed by atoms with Crippen LogP contribution in [0.2, 0.25) is 0 Å². The number of halogens is 1. The minimum Gasteiger partial charge on any atom is -0.444 e. The van der Waals surface area contributed by atoms with Crippen molar-refractivity contribution < 1.29 is 18.7 Å². The average Bonchev–Trinajstić information content (AvgIpc) is 2.97. The van der Waals surface area contributed by atoms with Crippen LogP contribution in [0.3, 0.4) is 0 Å². The van der Waals surface area contributed by atoms with Crippen LogP contribution >= 0.6 is 0 Å². The van der Waals surface area contributed by atoms with Crippen LogP contribution in [0.25, 0.3) is 5.65 Å². The first-order valence-corrected chi connectivity index (χ1v) is 9.13. The number of piperazine rings is 1. The Labute approximate surface area is 157 Å². The van der Waals surface area contributed by atoms with E-state index in [1.165, 1.54) is 16.7 Å². The van der Waals surface area contributed by atoms with Crippen molar-refractivity contribution >= 4 is 17.6 Å². The number of carbonyl (C=O) groups excluding carboxylic acids is 2. The van der Waals surface area contributed by atoms with Crippen LogP contribution in [-0.2, 0) is 11.2 Å². The summed E-state index contributed by atoms with van der Waals surface area (Å²) in [5.41, 5.74) is 1.02. The number of aryl methyl sites for hydroxylation is 1. The predicted octanol–water partition coefficient (Wildman–Crippen LogP) is 2.73. The molecule has 3 rings (SSSR count). The summed E-state index contributed by atoms with van der Waals surface area (Å²) >= 11 is 0. The number of nitrogens with zero attached hydrogens (tertiary/aromatic N) is 4. The number of carbonyl (C=O) groups is 2. The van der Waals surface area contributed by atoms with Crippen LogP contribution in [-0.4, -0.2) is 63.0 Å². The van der Waals surface area contributed by atoms with Gasteiger partial charge in [-0.1, -0.05) is 6.92 Å². The van der Waals surface area contributed by atoms with Crippen LogP contribution in [0.1, 0.15) is 43.9 Å². The molecule has 0 radical (unpaired) electrons. The van der Waals surface area contributed by atoms with Gasteiger partial charge < -0.3 is 14.5 Å². The largest absolute Gasteiger partial charge is 0.444 e. The molecule has 1 fully saturated rings. The third-order valence-corrected chi connectivity index (χ3v) is 4.41. The molecule has 1 saturated heterocycles. The molecule has 1 aliphatic heterocycles. The van der Waals surface area contributed by atoms with Crippen molar-refractivity contribution in [3.63, 3.8) is 0 Å². The summed E-state index contributed by atoms with van der Waals surface area (Å²) in [6.45, 7) is 8.95. The molecule has 2 aromatic heterocycles. The topological polar surface area (TPSA) is 67.2 Å². The fourth-order valence-corrected chi connectivity index (χ4v) is 3.11. The van der Waals surface area contributed by atoms with Crippen LogP contribution in [0, 0.1) is 5.82 Å². The van der Waals surface area contributed by atoms with Crippen molar-refractivity contribution in [3.05, 3.63) is 35.5 Å². The van der Waals surface area contributed by atoms with Crippen LogP contribution < -0.4 is 0 Å². The van der Waals surface area contributed by atoms with Crippen molar-refractivity contribution in [1.82, 2.24) is 19.2 Å². The van der Waals surface area contributed by atoms with E-state index in [4.69, 9.17) is 4.74 Å². The Bertz CT molecular complexity index is 864. The SMILES string of the molecule is CCc1nc2ccc(F)cn2c1C(=O)N1CCN(C(=O)OC(C)(C)C)CC1. The van der Waals surface area contributed by atoms with Gasteiger partial charge in [-0.05, 0) is 39.3 Å². The second-order valence-corrected chi connectivity index (χ2v) is 7.60. The molecule has 0 spiro atoms. The highest BCUT2D eigenvalue weighted by Crippen LogP contribution is 2.18. The summed E-state index contributed by atoms with van der Waals surface area (Å²) in [6.07, 6.45) is 1.48. The van der Waals surface area contributed by atoms with Crippen molar-refractivity contribution in [2.45, 2.75) is 39.7 Å². The summed E-state index contributed by atoms with van der Waals surface area (Å²) in [5.74, 6) is -0.625. The third kappa shape index (κ3) is 4.04. The third-order valence-electron chi connectivity index (χ3n) is 4.41. The molecule has 0 bridgehead atoms. The number of hydrogen-bond acceptors (Lipinski definition) is 4. The van der Waals surface area contributed by atoms with Crippen molar-refractivity contribution in [3.8, 4) is 0 Å². The summed E-state index contributed by atoms with van der Waals surface area (Å²) in [7, 11) is 0. The Morgan fingerprint density at radius 1 is 1.15 bits per heavy atom. The van der Waals surface area contributed by atoms with E-state index in [1.54, 1.807) is 15.9 Å². The highest BCUT2D eigenvalue weighted by atomic mass is 19.1. The average molecular weight is 376 g/mol. The summed E-state index contributed by atoms with van der Waals surface area (Å²) in [5, 5.41) is 0. The number of hydrogen-bond donors (Lipinski definition) is 0. The van der Waals surface area contributed by atoms with E-state index in [0.717, 1.165) is 0 Å². The minimum atomic E-state index is -0.555. The summed E-state index contributed by atoms with van der Waals surface area (Å²) in [4.78, 5) is 33.0. The van der Waals surface area contributed by atoms with Crippen LogP contribution in [0.15, 0.2) is 18.3 Å². The lowest BCUT2D eigenvalue weighted by molar-refractivity contribution is 0.0140. The lowest BCUT2D eigenvalue weighted by Crippen LogP contribution is -2.51. The quantitative estimate of drug-likeness (QED) is 0.808. The fourth-order valence-electron chi connectivity index (χ4n) is 3.11. The van der Waals surface area contributed by atoms with Crippen molar-refractivity contribution in [2.75, 3.05) is 26.2 Å². The van der Waals surface area contributed by atoms with Gasteiger partial charge in [0.2, 0.25) is 0 Å². The molecule has 0 aliphatic carbocycles. The highest BCUT2D eigenvalue weighted by Gasteiger charge is 2.30. The van der Waals surface area contributed by atoms with Gasteiger partial charge in [0.15, 0.2) is 0 Å². The number of rotatable bonds is 2. The lowest BCUT2D eigenvalue weighted by Gasteiger charge is -2.35. The van der Waals surface area contributed by atoms with E-state index >= 15 is 0 Å². The fraction of sp³-hybridized carbons (Fsp3) is 0.526. The van der Waals surface area contributed by atoms with Gasteiger partial charge in [0.1, 0.15) is 22.8 Å². The van der Waals surface area contributed by atoms with Gasteiger partial charge in [0.25, 0.3) is 5.91 Å². The highest BCUT2D eigenvalue weighted by molar-refractivity contribution is 5.95. The van der Waals surface area contributed by atoms with Crippen molar-refractivity contribution in [1.29, 1.82) is 0 Å².